The Bertz CT molecular complexity index is 186. The molecule has 0 amide bonds. The highest BCUT2D eigenvalue weighted by Crippen LogP contribution is 2.23. The third kappa shape index (κ3) is 18.2. The molecule has 0 saturated carbocycles. The summed E-state index contributed by atoms with van der Waals surface area (Å²) in [5.74, 6) is 1.90. The Morgan fingerprint density at radius 2 is 0.739 bits per heavy atom. The van der Waals surface area contributed by atoms with Gasteiger partial charge in [-0.25, -0.2) is 0 Å². The van der Waals surface area contributed by atoms with Gasteiger partial charge in [-0.1, -0.05) is 130 Å². The zero-order valence-electron chi connectivity index (χ0n) is 17.2. The second kappa shape index (κ2) is 18.3. The Balaban J connectivity index is 3.32. The minimum absolute atomic E-state index is 0.949. The Labute approximate surface area is 149 Å². The lowest BCUT2D eigenvalue weighted by atomic mass is 9.89. The van der Waals surface area contributed by atoms with Gasteiger partial charge in [0.25, 0.3) is 0 Å². The molecule has 0 aliphatic carbocycles. The fourth-order valence-corrected chi connectivity index (χ4v) is 3.82. The Morgan fingerprint density at radius 1 is 0.435 bits per heavy atom. The van der Waals surface area contributed by atoms with Crippen LogP contribution in [0, 0.1) is 11.8 Å². The predicted molar refractivity (Wildman–Crippen MR) is 108 cm³/mol. The zero-order chi connectivity index (χ0) is 17.2. The van der Waals surface area contributed by atoms with Crippen molar-refractivity contribution in [2.75, 3.05) is 0 Å². The smallest absolute Gasteiger partial charge is 0.0440 e. The summed E-state index contributed by atoms with van der Waals surface area (Å²) in [6.07, 6.45) is 24.7. The van der Waals surface area contributed by atoms with E-state index in [1.54, 1.807) is 0 Å². The van der Waals surface area contributed by atoms with E-state index in [4.69, 9.17) is 0 Å². The Kier molecular flexibility index (Phi) is 18.3. The Hall–Kier alpha value is 0. The van der Waals surface area contributed by atoms with Crippen molar-refractivity contribution in [3.8, 4) is 0 Å². The van der Waals surface area contributed by atoms with E-state index in [-0.39, 0.29) is 0 Å². The van der Waals surface area contributed by atoms with Crippen LogP contribution in [-0.2, 0) is 0 Å². The van der Waals surface area contributed by atoms with Crippen LogP contribution in [-0.4, -0.2) is 0 Å². The molecule has 0 bridgehead atoms. The van der Waals surface area contributed by atoms with Gasteiger partial charge in [0.15, 0.2) is 0 Å². The summed E-state index contributed by atoms with van der Waals surface area (Å²) >= 11 is 0. The van der Waals surface area contributed by atoms with Gasteiger partial charge in [0, 0.05) is 0 Å². The van der Waals surface area contributed by atoms with Crippen LogP contribution in [0.3, 0.4) is 0 Å². The van der Waals surface area contributed by atoms with Crippen LogP contribution >= 0.6 is 0 Å². The summed E-state index contributed by atoms with van der Waals surface area (Å²) in [6, 6.07) is 0. The quantitative estimate of drug-likeness (QED) is 0.221. The van der Waals surface area contributed by atoms with Crippen molar-refractivity contribution in [1.29, 1.82) is 0 Å². The molecule has 0 N–H and O–H groups in total. The van der Waals surface area contributed by atoms with Gasteiger partial charge in [-0.15, -0.1) is 0 Å². The second-order valence-electron chi connectivity index (χ2n) is 8.27. The third-order valence-corrected chi connectivity index (χ3v) is 5.41. The van der Waals surface area contributed by atoms with E-state index in [1.165, 1.54) is 109 Å². The molecule has 23 heavy (non-hydrogen) atoms. The van der Waals surface area contributed by atoms with Crippen molar-refractivity contribution in [1.82, 2.24) is 0 Å². The SMILES string of the molecule is CCCCCCCCCC(C)CC(C)CCCCCCCCC. The van der Waals surface area contributed by atoms with Crippen molar-refractivity contribution in [3.63, 3.8) is 0 Å². The lowest BCUT2D eigenvalue weighted by Crippen LogP contribution is -2.03. The maximum Gasteiger partial charge on any atom is -0.0440 e. The van der Waals surface area contributed by atoms with Gasteiger partial charge in [-0.3, -0.25) is 0 Å². The zero-order valence-corrected chi connectivity index (χ0v) is 17.2. The van der Waals surface area contributed by atoms with Crippen LogP contribution in [0.1, 0.15) is 137 Å². The van der Waals surface area contributed by atoms with Crippen molar-refractivity contribution in [3.05, 3.63) is 0 Å². The molecule has 0 spiro atoms. The molecule has 0 saturated heterocycles. The first-order chi connectivity index (χ1) is 11.2. The fraction of sp³-hybridized carbons (Fsp3) is 1.00. The lowest BCUT2D eigenvalue weighted by molar-refractivity contribution is 0.356. The molecule has 0 rings (SSSR count). The van der Waals surface area contributed by atoms with Crippen LogP contribution in [0.15, 0.2) is 0 Å². The van der Waals surface area contributed by atoms with Gasteiger partial charge >= 0.3 is 0 Å². The Morgan fingerprint density at radius 3 is 1.09 bits per heavy atom. The van der Waals surface area contributed by atoms with E-state index >= 15 is 0 Å². The molecular weight excluding hydrogens is 276 g/mol. The molecule has 0 nitrogen and oxygen atoms in total. The standard InChI is InChI=1S/C23H48/c1-5-7-9-11-13-15-17-19-22(3)21-23(4)20-18-16-14-12-10-8-6-2/h22-23H,5-21H2,1-4H3. The van der Waals surface area contributed by atoms with Gasteiger partial charge in [-0.2, -0.15) is 0 Å². The van der Waals surface area contributed by atoms with Crippen molar-refractivity contribution < 1.29 is 0 Å². The summed E-state index contributed by atoms with van der Waals surface area (Å²) in [7, 11) is 0. The third-order valence-electron chi connectivity index (χ3n) is 5.41. The van der Waals surface area contributed by atoms with Gasteiger partial charge < -0.3 is 0 Å². The average molecular weight is 325 g/mol. The minimum atomic E-state index is 0.949. The normalized spacial score (nSPS) is 14.1. The monoisotopic (exact) mass is 324 g/mol. The van der Waals surface area contributed by atoms with Crippen molar-refractivity contribution >= 4 is 0 Å². The molecule has 2 atom stereocenters. The first-order valence-corrected chi connectivity index (χ1v) is 11.2. The lowest BCUT2D eigenvalue weighted by Gasteiger charge is -2.17. The molecule has 0 fully saturated rings. The fourth-order valence-electron chi connectivity index (χ4n) is 3.82. The maximum absolute atomic E-state index is 2.48. The summed E-state index contributed by atoms with van der Waals surface area (Å²) < 4.78 is 0. The van der Waals surface area contributed by atoms with Gasteiger partial charge in [0.2, 0.25) is 0 Å². The highest BCUT2D eigenvalue weighted by Gasteiger charge is 2.08. The molecule has 0 heteroatoms. The van der Waals surface area contributed by atoms with Crippen molar-refractivity contribution in [2.24, 2.45) is 11.8 Å². The number of hydrogen-bond acceptors (Lipinski definition) is 0. The number of hydrogen-bond donors (Lipinski definition) is 0. The second-order valence-corrected chi connectivity index (χ2v) is 8.27. The molecule has 140 valence electrons. The van der Waals surface area contributed by atoms with Crippen LogP contribution in [0.25, 0.3) is 0 Å². The van der Waals surface area contributed by atoms with E-state index in [2.05, 4.69) is 27.7 Å². The van der Waals surface area contributed by atoms with Gasteiger partial charge in [-0.05, 0) is 18.3 Å². The summed E-state index contributed by atoms with van der Waals surface area (Å²) in [5.41, 5.74) is 0. The van der Waals surface area contributed by atoms with Crippen LogP contribution in [0.4, 0.5) is 0 Å². The van der Waals surface area contributed by atoms with Crippen LogP contribution in [0.2, 0.25) is 0 Å². The highest BCUT2D eigenvalue weighted by molar-refractivity contribution is 4.61. The van der Waals surface area contributed by atoms with E-state index in [9.17, 15) is 0 Å². The van der Waals surface area contributed by atoms with Crippen molar-refractivity contribution in [2.45, 2.75) is 137 Å². The van der Waals surface area contributed by atoms with E-state index in [1.807, 2.05) is 0 Å². The topological polar surface area (TPSA) is 0 Å². The van der Waals surface area contributed by atoms with E-state index < -0.39 is 0 Å². The van der Waals surface area contributed by atoms with Gasteiger partial charge in [0.1, 0.15) is 0 Å². The maximum atomic E-state index is 2.48. The van der Waals surface area contributed by atoms with Crippen LogP contribution < -0.4 is 0 Å². The van der Waals surface area contributed by atoms with Crippen LogP contribution in [0.5, 0.6) is 0 Å². The summed E-state index contributed by atoms with van der Waals surface area (Å²) in [6.45, 7) is 9.57. The molecular formula is C23H48. The first-order valence-electron chi connectivity index (χ1n) is 11.2. The predicted octanol–water partition coefficient (Wildman–Crippen LogP) is 8.93. The molecule has 0 heterocycles. The summed E-state index contributed by atoms with van der Waals surface area (Å²) in [4.78, 5) is 0. The molecule has 0 radical (unpaired) electrons. The first kappa shape index (κ1) is 23.0. The highest BCUT2D eigenvalue weighted by atomic mass is 14.1. The van der Waals surface area contributed by atoms with E-state index in [0.29, 0.717) is 0 Å². The molecule has 0 aromatic rings. The van der Waals surface area contributed by atoms with Gasteiger partial charge in [0.05, 0.1) is 0 Å². The van der Waals surface area contributed by atoms with E-state index in [0.717, 1.165) is 11.8 Å². The molecule has 0 aliphatic heterocycles. The molecule has 0 aliphatic rings. The summed E-state index contributed by atoms with van der Waals surface area (Å²) in [5, 5.41) is 0. The minimum Gasteiger partial charge on any atom is -0.0654 e. The largest absolute Gasteiger partial charge is 0.0654 e. The number of unbranched alkanes of at least 4 members (excludes halogenated alkanes) is 12. The average Bonchev–Trinajstić information content (AvgIpc) is 2.53. The molecule has 2 unspecified atom stereocenters. The molecule has 0 aromatic heterocycles. The molecule has 0 aromatic carbocycles. The number of rotatable bonds is 18.